The predicted molar refractivity (Wildman–Crippen MR) is 87.7 cm³/mol. The van der Waals surface area contributed by atoms with E-state index in [2.05, 4.69) is 10.3 Å². The lowest BCUT2D eigenvalue weighted by atomic mass is 10.2. The number of aromatic nitrogens is 1. The van der Waals surface area contributed by atoms with E-state index in [1.807, 2.05) is 11.4 Å². The van der Waals surface area contributed by atoms with Crippen LogP contribution in [0.3, 0.4) is 0 Å². The Morgan fingerprint density at radius 1 is 1.17 bits per heavy atom. The van der Waals surface area contributed by atoms with Crippen molar-refractivity contribution in [1.82, 2.24) is 4.98 Å². The Labute approximate surface area is 136 Å². The second-order valence-electron chi connectivity index (χ2n) is 4.57. The maximum Gasteiger partial charge on any atom is 0.256 e. The number of hydrogen-bond acceptors (Lipinski definition) is 5. The minimum Gasteiger partial charge on any atom is -0.439 e. The molecule has 0 spiro atoms. The Bertz CT molecular complexity index is 852. The lowest BCUT2D eigenvalue weighted by Gasteiger charge is -2.07. The zero-order valence-corrected chi connectivity index (χ0v) is 12.7. The minimum atomic E-state index is -0.150. The van der Waals surface area contributed by atoms with E-state index < -0.39 is 0 Å². The highest BCUT2D eigenvalue weighted by Crippen LogP contribution is 2.22. The van der Waals surface area contributed by atoms with Crippen LogP contribution < -0.4 is 10.1 Å². The summed E-state index contributed by atoms with van der Waals surface area (Å²) in [5.41, 5.74) is 1.60. The van der Waals surface area contributed by atoms with Crippen molar-refractivity contribution in [3.8, 4) is 17.7 Å². The number of anilines is 1. The number of rotatable bonds is 4. The van der Waals surface area contributed by atoms with Gasteiger partial charge in [-0.15, -0.1) is 0 Å². The van der Waals surface area contributed by atoms with Gasteiger partial charge in [-0.25, -0.2) is 4.98 Å². The molecule has 23 heavy (non-hydrogen) atoms. The van der Waals surface area contributed by atoms with Gasteiger partial charge in [0.15, 0.2) is 0 Å². The van der Waals surface area contributed by atoms with Gasteiger partial charge in [0.25, 0.3) is 5.91 Å². The molecule has 0 fully saturated rings. The number of nitriles is 1. The first kappa shape index (κ1) is 14.8. The lowest BCUT2D eigenvalue weighted by molar-refractivity contribution is 0.102. The molecule has 0 unspecified atom stereocenters. The third-order valence-corrected chi connectivity index (χ3v) is 3.64. The summed E-state index contributed by atoms with van der Waals surface area (Å²) in [5, 5.41) is 15.3. The molecule has 0 aliphatic heterocycles. The van der Waals surface area contributed by atoms with Gasteiger partial charge in [-0.1, -0.05) is 6.07 Å². The number of hydrogen-bond donors (Lipinski definition) is 1. The van der Waals surface area contributed by atoms with E-state index in [1.54, 1.807) is 53.9 Å². The van der Waals surface area contributed by atoms with Crippen LogP contribution in [-0.2, 0) is 0 Å². The first-order valence-electron chi connectivity index (χ1n) is 6.73. The van der Waals surface area contributed by atoms with Crippen LogP contribution in [0.2, 0.25) is 0 Å². The zero-order chi connectivity index (χ0) is 16.1. The number of carbonyl (C=O) groups is 1. The summed E-state index contributed by atoms with van der Waals surface area (Å²) in [6.07, 6.45) is 0. The second-order valence-corrected chi connectivity index (χ2v) is 5.35. The molecule has 2 heterocycles. The van der Waals surface area contributed by atoms with Gasteiger partial charge in [0.2, 0.25) is 5.88 Å². The molecular weight excluding hydrogens is 310 g/mol. The van der Waals surface area contributed by atoms with Gasteiger partial charge >= 0.3 is 0 Å². The van der Waals surface area contributed by atoms with Crippen LogP contribution in [0.1, 0.15) is 16.1 Å². The van der Waals surface area contributed by atoms with Crippen LogP contribution in [0.25, 0.3) is 0 Å². The van der Waals surface area contributed by atoms with Gasteiger partial charge < -0.3 is 10.1 Å². The lowest BCUT2D eigenvalue weighted by Crippen LogP contribution is -2.10. The Hall–Kier alpha value is -3.17. The number of pyridine rings is 1. The molecule has 1 aromatic carbocycles. The van der Waals surface area contributed by atoms with E-state index in [0.717, 1.165) is 0 Å². The minimum absolute atomic E-state index is 0.150. The summed E-state index contributed by atoms with van der Waals surface area (Å²) < 4.78 is 5.58. The van der Waals surface area contributed by atoms with Gasteiger partial charge in [0, 0.05) is 17.1 Å². The molecule has 0 aliphatic rings. The fraction of sp³-hybridized carbons (Fsp3) is 0. The molecular formula is C17H11N3O2S. The van der Waals surface area contributed by atoms with E-state index >= 15 is 0 Å². The van der Waals surface area contributed by atoms with Crippen molar-refractivity contribution in [2.45, 2.75) is 0 Å². The summed E-state index contributed by atoms with van der Waals surface area (Å²) in [6.45, 7) is 0. The predicted octanol–water partition coefficient (Wildman–Crippen LogP) is 4.06. The quantitative estimate of drug-likeness (QED) is 0.786. The van der Waals surface area contributed by atoms with Crippen molar-refractivity contribution in [2.75, 3.05) is 5.32 Å². The molecule has 0 atom stereocenters. The topological polar surface area (TPSA) is 75.0 Å². The molecule has 0 saturated carbocycles. The van der Waals surface area contributed by atoms with Crippen LogP contribution in [0.5, 0.6) is 11.6 Å². The molecule has 0 bridgehead atoms. The average Bonchev–Trinajstić information content (AvgIpc) is 3.11. The van der Waals surface area contributed by atoms with Crippen LogP contribution in [-0.4, -0.2) is 10.9 Å². The van der Waals surface area contributed by atoms with Crippen LogP contribution in [0, 0.1) is 11.3 Å². The fourth-order valence-corrected chi connectivity index (χ4v) is 2.49. The maximum atomic E-state index is 11.9. The fourth-order valence-electron chi connectivity index (χ4n) is 1.86. The molecule has 112 valence electrons. The van der Waals surface area contributed by atoms with Crippen molar-refractivity contribution in [2.24, 2.45) is 0 Å². The highest BCUT2D eigenvalue weighted by Gasteiger charge is 2.06. The van der Waals surface area contributed by atoms with E-state index in [9.17, 15) is 4.79 Å². The van der Waals surface area contributed by atoms with Crippen LogP contribution in [0.4, 0.5) is 5.69 Å². The number of nitrogens with one attached hydrogen (secondary N) is 1. The Kier molecular flexibility index (Phi) is 4.32. The molecule has 0 saturated heterocycles. The van der Waals surface area contributed by atoms with Crippen molar-refractivity contribution in [1.29, 1.82) is 5.26 Å². The molecule has 2 aromatic heterocycles. The molecule has 1 N–H and O–H groups in total. The van der Waals surface area contributed by atoms with Gasteiger partial charge in [-0.3, -0.25) is 4.79 Å². The molecule has 5 nitrogen and oxygen atoms in total. The van der Waals surface area contributed by atoms with Crippen molar-refractivity contribution < 1.29 is 9.53 Å². The summed E-state index contributed by atoms with van der Waals surface area (Å²) in [6, 6.07) is 15.7. The van der Waals surface area contributed by atoms with Gasteiger partial charge in [0.1, 0.15) is 17.5 Å². The Balaban J connectivity index is 1.67. The zero-order valence-electron chi connectivity index (χ0n) is 11.9. The van der Waals surface area contributed by atoms with Crippen molar-refractivity contribution in [3.63, 3.8) is 0 Å². The number of benzene rings is 1. The van der Waals surface area contributed by atoms with Gasteiger partial charge in [0.05, 0.1) is 5.56 Å². The van der Waals surface area contributed by atoms with Crippen LogP contribution >= 0.6 is 11.3 Å². The third kappa shape index (κ3) is 3.73. The molecule has 6 heteroatoms. The smallest absolute Gasteiger partial charge is 0.256 e. The third-order valence-electron chi connectivity index (χ3n) is 2.96. The summed E-state index contributed by atoms with van der Waals surface area (Å²) in [5.74, 6) is 0.767. The normalized spacial score (nSPS) is 9.87. The first-order chi connectivity index (χ1) is 11.2. The average molecular weight is 321 g/mol. The summed E-state index contributed by atoms with van der Waals surface area (Å²) >= 11 is 1.47. The molecule has 3 aromatic rings. The number of thiophene rings is 1. The molecule has 0 aliphatic carbocycles. The summed E-state index contributed by atoms with van der Waals surface area (Å²) in [7, 11) is 0. The molecule has 3 rings (SSSR count). The highest BCUT2D eigenvalue weighted by molar-refractivity contribution is 7.08. The molecule has 0 radical (unpaired) electrons. The SMILES string of the molecule is N#Cc1cccc(Oc2ccc(NC(=O)c3ccsc3)cc2)n1. The van der Waals surface area contributed by atoms with Crippen LogP contribution in [0.15, 0.2) is 59.3 Å². The largest absolute Gasteiger partial charge is 0.439 e. The first-order valence-corrected chi connectivity index (χ1v) is 7.67. The molecule has 1 amide bonds. The van der Waals surface area contributed by atoms with E-state index in [1.165, 1.54) is 11.3 Å². The Morgan fingerprint density at radius 2 is 2.00 bits per heavy atom. The number of nitrogens with zero attached hydrogens (tertiary/aromatic N) is 2. The van der Waals surface area contributed by atoms with E-state index in [0.29, 0.717) is 28.6 Å². The van der Waals surface area contributed by atoms with Crippen molar-refractivity contribution >= 4 is 22.9 Å². The number of carbonyl (C=O) groups excluding carboxylic acids is 1. The summed E-state index contributed by atoms with van der Waals surface area (Å²) in [4.78, 5) is 16.0. The number of amides is 1. The maximum absolute atomic E-state index is 11.9. The van der Waals surface area contributed by atoms with E-state index in [4.69, 9.17) is 10.00 Å². The van der Waals surface area contributed by atoms with Crippen molar-refractivity contribution in [3.05, 3.63) is 70.5 Å². The van der Waals surface area contributed by atoms with Gasteiger partial charge in [-0.2, -0.15) is 16.6 Å². The number of ether oxygens (including phenoxy) is 1. The second kappa shape index (κ2) is 6.73. The highest BCUT2D eigenvalue weighted by atomic mass is 32.1. The monoisotopic (exact) mass is 321 g/mol. The standard InChI is InChI=1S/C17H11N3O2S/c18-10-14-2-1-3-16(19-14)22-15-6-4-13(5-7-15)20-17(21)12-8-9-23-11-12/h1-9,11H,(H,20,21). The van der Waals surface area contributed by atoms with Gasteiger partial charge in [-0.05, 0) is 41.8 Å². The van der Waals surface area contributed by atoms with E-state index in [-0.39, 0.29) is 5.91 Å². The Morgan fingerprint density at radius 3 is 2.70 bits per heavy atom.